The lowest BCUT2D eigenvalue weighted by Gasteiger charge is -2.22. The van der Waals surface area contributed by atoms with Gasteiger partial charge in [0.2, 0.25) is 0 Å². The third-order valence-electron chi connectivity index (χ3n) is 2.86. The molecule has 0 amide bonds. The van der Waals surface area contributed by atoms with E-state index in [-0.39, 0.29) is 0 Å². The number of hydrogen-bond donors (Lipinski definition) is 2. The van der Waals surface area contributed by atoms with Crippen LogP contribution in [-0.4, -0.2) is 22.9 Å². The maximum absolute atomic E-state index is 5.86. The van der Waals surface area contributed by atoms with Crippen molar-refractivity contribution in [3.8, 4) is 0 Å². The summed E-state index contributed by atoms with van der Waals surface area (Å²) in [5.41, 5.74) is 7.73. The maximum atomic E-state index is 5.86. The molecule has 1 aromatic heterocycles. The number of piperidine rings is 1. The van der Waals surface area contributed by atoms with Crippen molar-refractivity contribution >= 4 is 5.69 Å². The minimum Gasteiger partial charge on any atom is -0.396 e. The van der Waals surface area contributed by atoms with Gasteiger partial charge >= 0.3 is 0 Å². The van der Waals surface area contributed by atoms with Crippen molar-refractivity contribution in [2.45, 2.75) is 32.2 Å². The average Bonchev–Trinajstić information content (AvgIpc) is 2.61. The smallest absolute Gasteiger partial charge is 0.0851 e. The molecule has 1 aliphatic heterocycles. The molecular formula is C10H18N4. The van der Waals surface area contributed by atoms with Crippen LogP contribution in [0.4, 0.5) is 5.69 Å². The van der Waals surface area contributed by atoms with E-state index in [9.17, 15) is 0 Å². The Morgan fingerprint density at radius 3 is 2.86 bits per heavy atom. The van der Waals surface area contributed by atoms with Gasteiger partial charge in [0, 0.05) is 6.20 Å². The van der Waals surface area contributed by atoms with Gasteiger partial charge in [0.25, 0.3) is 0 Å². The van der Waals surface area contributed by atoms with Gasteiger partial charge in [0.15, 0.2) is 0 Å². The molecule has 0 aliphatic carbocycles. The van der Waals surface area contributed by atoms with E-state index in [1.165, 1.54) is 0 Å². The van der Waals surface area contributed by atoms with Crippen LogP contribution in [0.5, 0.6) is 0 Å². The zero-order valence-corrected chi connectivity index (χ0v) is 8.66. The second-order valence-corrected chi connectivity index (χ2v) is 3.85. The van der Waals surface area contributed by atoms with Gasteiger partial charge in [-0.2, -0.15) is 5.10 Å². The van der Waals surface area contributed by atoms with Crippen LogP contribution in [0.15, 0.2) is 6.20 Å². The number of anilines is 1. The number of hydrogen-bond acceptors (Lipinski definition) is 3. The fourth-order valence-electron chi connectivity index (χ4n) is 1.98. The molecule has 4 nitrogen and oxygen atoms in total. The lowest BCUT2D eigenvalue weighted by molar-refractivity contribution is 0.342. The molecule has 14 heavy (non-hydrogen) atoms. The van der Waals surface area contributed by atoms with Crippen LogP contribution in [0.2, 0.25) is 0 Å². The van der Waals surface area contributed by atoms with Gasteiger partial charge in [0.05, 0.1) is 17.4 Å². The van der Waals surface area contributed by atoms with Crippen LogP contribution in [-0.2, 0) is 6.42 Å². The molecule has 0 radical (unpaired) electrons. The normalized spacial score (nSPS) is 18.6. The van der Waals surface area contributed by atoms with Crippen molar-refractivity contribution in [1.29, 1.82) is 0 Å². The Kier molecular flexibility index (Phi) is 2.72. The van der Waals surface area contributed by atoms with Gasteiger partial charge in [-0.15, -0.1) is 0 Å². The third-order valence-corrected chi connectivity index (χ3v) is 2.86. The van der Waals surface area contributed by atoms with Crippen LogP contribution in [0, 0.1) is 0 Å². The SMILES string of the molecule is CCc1nn(C2CCNCC2)cc1N. The molecule has 1 fully saturated rings. The van der Waals surface area contributed by atoms with E-state index in [1.54, 1.807) is 0 Å². The standard InChI is InChI=1S/C10H18N4/c1-2-10-9(11)7-14(13-10)8-3-5-12-6-4-8/h7-8,12H,2-6,11H2,1H3. The number of aryl methyl sites for hydroxylation is 1. The molecule has 0 spiro atoms. The predicted molar refractivity (Wildman–Crippen MR) is 57.2 cm³/mol. The maximum Gasteiger partial charge on any atom is 0.0851 e. The predicted octanol–water partition coefficient (Wildman–Crippen LogP) is 0.952. The Hall–Kier alpha value is -1.03. The summed E-state index contributed by atoms with van der Waals surface area (Å²) >= 11 is 0. The highest BCUT2D eigenvalue weighted by atomic mass is 15.3. The van der Waals surface area contributed by atoms with Gasteiger partial charge < -0.3 is 11.1 Å². The first-order chi connectivity index (χ1) is 6.81. The third kappa shape index (κ3) is 1.75. The van der Waals surface area contributed by atoms with E-state index in [2.05, 4.69) is 22.0 Å². The summed E-state index contributed by atoms with van der Waals surface area (Å²) in [6, 6.07) is 0.541. The quantitative estimate of drug-likeness (QED) is 0.737. The Morgan fingerprint density at radius 1 is 1.57 bits per heavy atom. The molecule has 0 aromatic carbocycles. The minimum absolute atomic E-state index is 0.541. The topological polar surface area (TPSA) is 55.9 Å². The van der Waals surface area contributed by atoms with Gasteiger partial charge in [-0.25, -0.2) is 0 Å². The Labute approximate surface area is 84.5 Å². The molecule has 3 N–H and O–H groups in total. The van der Waals surface area contributed by atoms with E-state index < -0.39 is 0 Å². The highest BCUT2D eigenvalue weighted by molar-refractivity contribution is 5.40. The van der Waals surface area contributed by atoms with Crippen LogP contribution in [0.25, 0.3) is 0 Å². The first-order valence-electron chi connectivity index (χ1n) is 5.35. The van der Waals surface area contributed by atoms with Crippen molar-refractivity contribution in [2.75, 3.05) is 18.8 Å². The first kappa shape index (κ1) is 9.52. The molecule has 4 heteroatoms. The molecule has 0 unspecified atom stereocenters. The Balaban J connectivity index is 2.14. The zero-order valence-electron chi connectivity index (χ0n) is 8.66. The zero-order chi connectivity index (χ0) is 9.97. The number of nitrogen functional groups attached to an aromatic ring is 1. The fraction of sp³-hybridized carbons (Fsp3) is 0.700. The number of nitrogens with zero attached hydrogens (tertiary/aromatic N) is 2. The largest absolute Gasteiger partial charge is 0.396 e. The molecule has 1 aromatic rings. The number of nitrogens with one attached hydrogen (secondary N) is 1. The number of nitrogens with two attached hydrogens (primary N) is 1. The molecule has 78 valence electrons. The molecule has 1 aliphatic rings. The van der Waals surface area contributed by atoms with Gasteiger partial charge in [-0.1, -0.05) is 6.92 Å². The average molecular weight is 194 g/mol. The lowest BCUT2D eigenvalue weighted by Crippen LogP contribution is -2.29. The molecule has 1 saturated heterocycles. The fourth-order valence-corrected chi connectivity index (χ4v) is 1.98. The van der Waals surface area contributed by atoms with Crippen LogP contribution < -0.4 is 11.1 Å². The molecule has 0 bridgehead atoms. The monoisotopic (exact) mass is 194 g/mol. The molecular weight excluding hydrogens is 176 g/mol. The van der Waals surface area contributed by atoms with Crippen molar-refractivity contribution in [3.63, 3.8) is 0 Å². The summed E-state index contributed by atoms with van der Waals surface area (Å²) in [5.74, 6) is 0. The lowest BCUT2D eigenvalue weighted by atomic mass is 10.1. The summed E-state index contributed by atoms with van der Waals surface area (Å²) in [5, 5.41) is 7.86. The van der Waals surface area contributed by atoms with Crippen molar-refractivity contribution < 1.29 is 0 Å². The summed E-state index contributed by atoms with van der Waals surface area (Å²) in [6.45, 7) is 4.27. The summed E-state index contributed by atoms with van der Waals surface area (Å²) < 4.78 is 2.05. The molecule has 2 rings (SSSR count). The number of aromatic nitrogens is 2. The van der Waals surface area contributed by atoms with Gasteiger partial charge in [-0.3, -0.25) is 4.68 Å². The minimum atomic E-state index is 0.541. The van der Waals surface area contributed by atoms with Crippen LogP contribution in [0.1, 0.15) is 31.5 Å². The van der Waals surface area contributed by atoms with Crippen LogP contribution >= 0.6 is 0 Å². The molecule has 0 saturated carbocycles. The second kappa shape index (κ2) is 4.00. The Bertz CT molecular complexity index is 299. The molecule has 0 atom stereocenters. The van der Waals surface area contributed by atoms with E-state index in [0.717, 1.165) is 43.7 Å². The van der Waals surface area contributed by atoms with E-state index >= 15 is 0 Å². The van der Waals surface area contributed by atoms with Crippen LogP contribution in [0.3, 0.4) is 0 Å². The summed E-state index contributed by atoms with van der Waals surface area (Å²) in [4.78, 5) is 0. The first-order valence-corrected chi connectivity index (χ1v) is 5.35. The molecule has 2 heterocycles. The van der Waals surface area contributed by atoms with E-state index in [4.69, 9.17) is 5.73 Å². The highest BCUT2D eigenvalue weighted by Gasteiger charge is 2.16. The summed E-state index contributed by atoms with van der Waals surface area (Å²) in [6.07, 6.45) is 5.22. The van der Waals surface area contributed by atoms with Crippen molar-refractivity contribution in [2.24, 2.45) is 0 Å². The van der Waals surface area contributed by atoms with Crippen molar-refractivity contribution in [3.05, 3.63) is 11.9 Å². The van der Waals surface area contributed by atoms with E-state index in [1.807, 2.05) is 6.20 Å². The van der Waals surface area contributed by atoms with Gasteiger partial charge in [0.1, 0.15) is 0 Å². The van der Waals surface area contributed by atoms with Crippen molar-refractivity contribution in [1.82, 2.24) is 15.1 Å². The van der Waals surface area contributed by atoms with Gasteiger partial charge in [-0.05, 0) is 32.4 Å². The van der Waals surface area contributed by atoms with E-state index in [0.29, 0.717) is 6.04 Å². The summed E-state index contributed by atoms with van der Waals surface area (Å²) in [7, 11) is 0. The second-order valence-electron chi connectivity index (χ2n) is 3.85. The number of rotatable bonds is 2. The Morgan fingerprint density at radius 2 is 2.29 bits per heavy atom. The highest BCUT2D eigenvalue weighted by Crippen LogP contribution is 2.20.